The van der Waals surface area contributed by atoms with Gasteiger partial charge in [0.05, 0.1) is 0 Å². The van der Waals surface area contributed by atoms with Crippen molar-refractivity contribution in [1.29, 1.82) is 0 Å². The van der Waals surface area contributed by atoms with Gasteiger partial charge < -0.3 is 31.4 Å². The zero-order valence-electron chi connectivity index (χ0n) is 7.76. The third kappa shape index (κ3) is 37.1. The van der Waals surface area contributed by atoms with Crippen LogP contribution in [0.2, 0.25) is 0 Å². The highest BCUT2D eigenvalue weighted by molar-refractivity contribution is 5.76. The number of carbonyl (C=O) groups is 2. The van der Waals surface area contributed by atoms with Gasteiger partial charge in [0.25, 0.3) is 0 Å². The molecule has 0 aromatic heterocycles. The maximum absolute atomic E-state index is 9.45. The van der Waals surface area contributed by atoms with Gasteiger partial charge in [-0.05, 0) is 13.8 Å². The summed E-state index contributed by atoms with van der Waals surface area (Å²) in [6, 6.07) is 0. The molecule has 10 heteroatoms. The van der Waals surface area contributed by atoms with Crippen molar-refractivity contribution in [2.24, 2.45) is 0 Å². The number of aliphatic carboxylic acids is 2. The first-order valence-electron chi connectivity index (χ1n) is 3.10. The van der Waals surface area contributed by atoms with E-state index in [9.17, 15) is 9.59 Å². The van der Waals surface area contributed by atoms with Crippen molar-refractivity contribution < 1.29 is 41.0 Å². The van der Waals surface area contributed by atoms with Gasteiger partial charge in [0.15, 0.2) is 34.7 Å². The van der Waals surface area contributed by atoms with E-state index < -0.39 is 24.1 Å². The smallest absolute Gasteiger partial charge is 0.332 e. The lowest BCUT2D eigenvalue weighted by Crippen LogP contribution is -2.13. The molecule has 8 N–H and O–H groups in total. The average Bonchev–Trinajstić information content (AvgIpc) is 1.88. The van der Waals surface area contributed by atoms with Gasteiger partial charge >= 0.3 is 11.9 Å². The Kier molecular flexibility index (Phi) is 45.7. The van der Waals surface area contributed by atoms with Gasteiger partial charge in [0.2, 0.25) is 0 Å². The van der Waals surface area contributed by atoms with Crippen LogP contribution in [-0.4, -0.2) is 90.2 Å². The van der Waals surface area contributed by atoms with Crippen LogP contribution in [0.25, 0.3) is 0 Å². The fourth-order valence-electron chi connectivity index (χ4n) is 0. The van der Waals surface area contributed by atoms with Crippen LogP contribution < -0.4 is 0 Å². The van der Waals surface area contributed by atoms with E-state index in [1.54, 1.807) is 0 Å². The molecule has 2 unspecified atom stereocenters. The second-order valence-electron chi connectivity index (χ2n) is 2.03. The molecular formula is C6H22Al2O8. The number of rotatable bonds is 2. The number of hydrogen-bond acceptors (Lipinski definition) is 4. The molecule has 8 nitrogen and oxygen atoms in total. The van der Waals surface area contributed by atoms with Crippen molar-refractivity contribution in [3.63, 3.8) is 0 Å². The summed E-state index contributed by atoms with van der Waals surface area (Å²) in [6.45, 7) is 2.39. The van der Waals surface area contributed by atoms with Gasteiger partial charge in [-0.1, -0.05) is 0 Å². The Bertz CT molecular complexity index is 143. The average molecular weight is 276 g/mol. The number of aliphatic hydroxyl groups excluding tert-OH is 2. The van der Waals surface area contributed by atoms with E-state index in [2.05, 4.69) is 0 Å². The van der Waals surface area contributed by atoms with Crippen LogP contribution in [0.5, 0.6) is 0 Å². The van der Waals surface area contributed by atoms with Gasteiger partial charge in [-0.3, -0.25) is 0 Å². The molecular weight excluding hydrogens is 254 g/mol. The molecule has 100 valence electrons. The first-order chi connectivity index (χ1) is 5.29. The van der Waals surface area contributed by atoms with Crippen LogP contribution in [0.1, 0.15) is 13.8 Å². The minimum atomic E-state index is -1.23. The molecule has 16 heavy (non-hydrogen) atoms. The lowest BCUT2D eigenvalue weighted by molar-refractivity contribution is -0.146. The molecule has 0 saturated heterocycles. The van der Waals surface area contributed by atoms with E-state index in [1.165, 1.54) is 13.8 Å². The zero-order chi connectivity index (χ0) is 10.3. The standard InChI is InChI=1S/2C3H6O3.2Al.2H2O.6H/c2*1-2(4)3(5)6;;;;;;;;;;/h2*2,4H,1H3,(H,5,6);;;2*1H2;;;;;;. The van der Waals surface area contributed by atoms with Crippen molar-refractivity contribution in [2.75, 3.05) is 0 Å². The summed E-state index contributed by atoms with van der Waals surface area (Å²) in [7, 11) is 0. The topological polar surface area (TPSA) is 178 Å². The molecule has 0 radical (unpaired) electrons. The van der Waals surface area contributed by atoms with Gasteiger partial charge in [-0.25, -0.2) is 9.59 Å². The van der Waals surface area contributed by atoms with Crippen molar-refractivity contribution in [3.05, 3.63) is 0 Å². The molecule has 0 aliphatic carbocycles. The molecule has 0 fully saturated rings. The summed E-state index contributed by atoms with van der Waals surface area (Å²) >= 11 is 0. The fraction of sp³-hybridized carbons (Fsp3) is 0.667. The van der Waals surface area contributed by atoms with Crippen LogP contribution in [0.3, 0.4) is 0 Å². The highest BCUT2D eigenvalue weighted by Gasteiger charge is 2.01. The van der Waals surface area contributed by atoms with Gasteiger partial charge in [0, 0.05) is 0 Å². The van der Waals surface area contributed by atoms with Crippen molar-refractivity contribution in [2.45, 2.75) is 26.1 Å². The maximum atomic E-state index is 9.45. The summed E-state index contributed by atoms with van der Waals surface area (Å²) in [5, 5.41) is 31.5. The predicted octanol–water partition coefficient (Wildman–Crippen LogP) is -5.11. The quantitative estimate of drug-likeness (QED) is 0.366. The Morgan fingerprint density at radius 2 is 0.875 bits per heavy atom. The van der Waals surface area contributed by atoms with Gasteiger partial charge in [0.1, 0.15) is 12.2 Å². The molecule has 0 heterocycles. The van der Waals surface area contributed by atoms with E-state index in [0.717, 1.165) is 0 Å². The van der Waals surface area contributed by atoms with Gasteiger partial charge in [-0.2, -0.15) is 0 Å². The molecule has 0 aromatic carbocycles. The second-order valence-corrected chi connectivity index (χ2v) is 2.03. The second kappa shape index (κ2) is 20.3. The minimum absolute atomic E-state index is 0. The molecule has 0 aliphatic heterocycles. The molecule has 0 amide bonds. The number of carboxylic acid groups (broad SMARTS) is 2. The molecule has 0 spiro atoms. The molecule has 0 aliphatic rings. The molecule has 0 bridgehead atoms. The summed E-state index contributed by atoms with van der Waals surface area (Å²) in [5.74, 6) is -2.37. The Morgan fingerprint density at radius 3 is 0.875 bits per heavy atom. The highest BCUT2D eigenvalue weighted by Crippen LogP contribution is 1.73. The Morgan fingerprint density at radius 1 is 0.812 bits per heavy atom. The van der Waals surface area contributed by atoms with Crippen LogP contribution in [-0.2, 0) is 9.59 Å². The Labute approximate surface area is 114 Å². The van der Waals surface area contributed by atoms with E-state index in [4.69, 9.17) is 20.4 Å². The summed E-state index contributed by atoms with van der Waals surface area (Å²) in [4.78, 5) is 18.9. The first kappa shape index (κ1) is 36.0. The van der Waals surface area contributed by atoms with E-state index >= 15 is 0 Å². The maximum Gasteiger partial charge on any atom is 0.332 e. The fourth-order valence-corrected chi connectivity index (χ4v) is 0. The minimum Gasteiger partial charge on any atom is -0.479 e. The van der Waals surface area contributed by atoms with Crippen LogP contribution >= 0.6 is 0 Å². The SMILES string of the molecule is CC(O)C(=O)O.CC(O)C(=O)O.O.O.[AlH3].[AlH3]. The molecule has 0 aromatic rings. The van der Waals surface area contributed by atoms with Crippen LogP contribution in [0.15, 0.2) is 0 Å². The van der Waals surface area contributed by atoms with E-state index in [-0.39, 0.29) is 45.7 Å². The van der Waals surface area contributed by atoms with Crippen molar-refractivity contribution >= 4 is 46.7 Å². The molecule has 0 rings (SSSR count). The lowest BCUT2D eigenvalue weighted by atomic mass is 10.4. The summed E-state index contributed by atoms with van der Waals surface area (Å²) in [5.41, 5.74) is 0. The monoisotopic (exact) mass is 276 g/mol. The molecule has 0 saturated carbocycles. The van der Waals surface area contributed by atoms with Crippen molar-refractivity contribution in [3.8, 4) is 0 Å². The number of aliphatic hydroxyl groups is 2. The summed E-state index contributed by atoms with van der Waals surface area (Å²) < 4.78 is 0. The highest BCUT2D eigenvalue weighted by atomic mass is 27.0. The summed E-state index contributed by atoms with van der Waals surface area (Å²) in [6.07, 6.45) is -2.46. The Balaban J connectivity index is -0.0000000250. The van der Waals surface area contributed by atoms with E-state index in [1.807, 2.05) is 0 Å². The third-order valence-electron chi connectivity index (χ3n) is 0.715. The number of hydrogen-bond donors (Lipinski definition) is 4. The van der Waals surface area contributed by atoms with Crippen LogP contribution in [0.4, 0.5) is 0 Å². The number of carboxylic acids is 2. The van der Waals surface area contributed by atoms with Crippen LogP contribution in [0, 0.1) is 0 Å². The molecule has 2 atom stereocenters. The van der Waals surface area contributed by atoms with E-state index in [0.29, 0.717) is 0 Å². The Hall–Kier alpha value is -0.155. The van der Waals surface area contributed by atoms with Crippen molar-refractivity contribution in [1.82, 2.24) is 0 Å². The lowest BCUT2D eigenvalue weighted by Gasteiger charge is -1.89. The third-order valence-corrected chi connectivity index (χ3v) is 0.715. The largest absolute Gasteiger partial charge is 0.479 e. The zero-order valence-corrected chi connectivity index (χ0v) is 7.76. The predicted molar refractivity (Wildman–Crippen MR) is 65.7 cm³/mol. The normalized spacial score (nSPS) is 10.2. The first-order valence-corrected chi connectivity index (χ1v) is 3.10. The van der Waals surface area contributed by atoms with Gasteiger partial charge in [-0.15, -0.1) is 0 Å².